The van der Waals surface area contributed by atoms with Crippen LogP contribution in [0.1, 0.15) is 95.6 Å². The third-order valence-electron chi connectivity index (χ3n) is 15.7. The van der Waals surface area contributed by atoms with Crippen molar-refractivity contribution in [2.24, 2.45) is 45.5 Å². The Balaban J connectivity index is 1.30. The summed E-state index contributed by atoms with van der Waals surface area (Å²) in [6.45, 7) is 4.39. The number of hydrogen-bond acceptors (Lipinski definition) is 13. The molecule has 2 saturated heterocycles. The third-order valence-corrected chi connectivity index (χ3v) is 16.3. The molecule has 2 fully saturated rings. The molecule has 1 aliphatic carbocycles. The van der Waals surface area contributed by atoms with Crippen LogP contribution in [0.2, 0.25) is 0 Å². The van der Waals surface area contributed by atoms with Gasteiger partial charge in [0.25, 0.3) is 0 Å². The van der Waals surface area contributed by atoms with Crippen molar-refractivity contribution in [3.63, 3.8) is 0 Å². The van der Waals surface area contributed by atoms with Crippen LogP contribution in [0, 0.1) is 11.8 Å². The smallest absolute Gasteiger partial charge is 0.245 e. The van der Waals surface area contributed by atoms with E-state index < -0.39 is 108 Å². The number of fused-ring (bicyclic) bond motifs is 1. The van der Waals surface area contributed by atoms with Crippen molar-refractivity contribution in [2.75, 3.05) is 38.2 Å². The summed E-state index contributed by atoms with van der Waals surface area (Å²) in [7, 11) is 0. The number of rotatable bonds is 33. The highest BCUT2D eigenvalue weighted by atomic mass is 32.2. The number of aromatic nitrogens is 1. The van der Waals surface area contributed by atoms with Crippen molar-refractivity contribution < 1.29 is 43.2 Å². The minimum Gasteiger partial charge on any atom is -0.370 e. The fraction of sp³-hybridized carbons (Fsp3) is 0.525. The van der Waals surface area contributed by atoms with E-state index in [4.69, 9.17) is 28.7 Å². The molecule has 25 heteroatoms. The van der Waals surface area contributed by atoms with Crippen molar-refractivity contribution >= 4 is 81.8 Å². The van der Waals surface area contributed by atoms with Gasteiger partial charge in [0.1, 0.15) is 48.3 Å². The molecule has 24 nitrogen and oxygen atoms in total. The molecule has 9 amide bonds. The number of aromatic amines is 1. The average molecular weight is 1210 g/mol. The Bertz CT molecular complexity index is 2960. The molecule has 2 aromatic carbocycles. The molecule has 0 radical (unpaired) electrons. The molecular formula is C61H87N15O9S. The van der Waals surface area contributed by atoms with Gasteiger partial charge in [0.2, 0.25) is 53.2 Å². The van der Waals surface area contributed by atoms with Crippen LogP contribution < -0.4 is 60.6 Å². The molecule has 0 bridgehead atoms. The van der Waals surface area contributed by atoms with Crippen LogP contribution in [-0.4, -0.2) is 166 Å². The van der Waals surface area contributed by atoms with Gasteiger partial charge in [-0.15, -0.1) is 5.73 Å². The zero-order chi connectivity index (χ0) is 62.3. The first-order valence-electron chi connectivity index (χ1n) is 29.7. The van der Waals surface area contributed by atoms with Crippen LogP contribution in [-0.2, 0) is 56.0 Å². The molecule has 2 aliphatic heterocycles. The summed E-state index contributed by atoms with van der Waals surface area (Å²) < 4.78 is 0. The number of carbonyl (C=O) groups is 9. The molecule has 17 N–H and O–H groups in total. The lowest BCUT2D eigenvalue weighted by atomic mass is 9.95. The number of aliphatic imine (C=N–C) groups is 1. The van der Waals surface area contributed by atoms with Gasteiger partial charge in [0.15, 0.2) is 5.96 Å². The van der Waals surface area contributed by atoms with Crippen LogP contribution in [0.5, 0.6) is 0 Å². The molecule has 3 aromatic rings. The van der Waals surface area contributed by atoms with Gasteiger partial charge >= 0.3 is 0 Å². The largest absolute Gasteiger partial charge is 0.370 e. The Kier molecular flexibility index (Phi) is 26.3. The van der Waals surface area contributed by atoms with Crippen LogP contribution in [0.4, 0.5) is 0 Å². The molecular weight excluding hydrogens is 1120 g/mol. The van der Waals surface area contributed by atoms with Crippen molar-refractivity contribution in [1.29, 1.82) is 0 Å². The lowest BCUT2D eigenvalue weighted by molar-refractivity contribution is -0.142. The number of para-hydroxylation sites is 1. The molecule has 466 valence electrons. The van der Waals surface area contributed by atoms with Crippen LogP contribution >= 0.6 is 11.8 Å². The van der Waals surface area contributed by atoms with E-state index in [1.807, 2.05) is 42.7 Å². The number of hydrogen-bond donors (Lipinski definition) is 12. The molecule has 1 unspecified atom stereocenters. The number of primary amides is 1. The standard InChI is InChI=1S/C61H87N15O9S/c1-37(2)51(52(64)77)74-58(83)50-26-16-31-76(50)60(85)45(23-12-13-28-62)70-55(80)46(33-38-17-6-4-7-18-38)71-56(81)48(35-40-36-68-43-22-11-10-21-41(40)43)72-53(78)44(24-14-29-67-61(65)66)69-54(79)47(34-39-19-8-5-9-20-39)73-57(82)49-25-15-30-75(49)59(84)42(63)27-32-86-3/h4-6,8-11,17-22,36-38,42,44-51,68H,12-16,23-35,62-63H2,1-3H3,(H2,64,77)(H,69,79)(H,70,80)(H,71,81)(H,72,78)(H,73,82)(H,74,83)(H4,65,66,67)/t38?,42-,44-,45-,46-,47+,48+,49-,50-,51-/m0/s1. The molecule has 1 aromatic heterocycles. The number of guanidine groups is 1. The molecule has 3 aliphatic rings. The number of likely N-dealkylation sites (tertiary alicyclic amines) is 2. The van der Waals surface area contributed by atoms with Crippen molar-refractivity contribution in [2.45, 2.75) is 152 Å². The highest BCUT2D eigenvalue weighted by Crippen LogP contribution is 2.24. The van der Waals surface area contributed by atoms with Gasteiger partial charge in [0.05, 0.1) is 6.04 Å². The number of thioether (sulfide) groups is 1. The SMILES string of the molecule is CSCC[C@H](N)C(=O)N1CCC[C@H]1C(=O)N[C@H](Cc1ccccc1)C(=O)N[C@@H](CCCN=C(N)N)C(=O)N[C@H](Cc1c[nH]c2ccccc12)C(=O)N[C@@H](CC1C=C=CC=C1)C(=O)N[C@@H](CCCCN)C(=O)N1CCC[C@H]1C(=O)N[C@H](C(N)=O)C(C)C. The van der Waals surface area contributed by atoms with Gasteiger partial charge in [0, 0.05) is 55.5 Å². The first-order chi connectivity index (χ1) is 41.3. The maximum absolute atomic E-state index is 15.2. The number of nitrogens with zero attached hydrogens (tertiary/aromatic N) is 3. The summed E-state index contributed by atoms with van der Waals surface area (Å²) in [4.78, 5) is 139. The summed E-state index contributed by atoms with van der Waals surface area (Å²) in [5.74, 6) is -5.97. The highest BCUT2D eigenvalue weighted by Gasteiger charge is 2.42. The van der Waals surface area contributed by atoms with E-state index in [1.54, 1.807) is 74.3 Å². The van der Waals surface area contributed by atoms with Crippen molar-refractivity contribution in [3.05, 3.63) is 102 Å². The Hall–Kier alpha value is -7.99. The van der Waals surface area contributed by atoms with E-state index in [2.05, 4.69) is 47.6 Å². The van der Waals surface area contributed by atoms with Crippen molar-refractivity contribution in [1.82, 2.24) is 46.7 Å². The fourth-order valence-corrected chi connectivity index (χ4v) is 11.5. The van der Waals surface area contributed by atoms with Gasteiger partial charge in [-0.1, -0.05) is 74.5 Å². The number of allylic oxidation sites excluding steroid dienone is 3. The second-order valence-electron chi connectivity index (χ2n) is 22.5. The van der Waals surface area contributed by atoms with Crippen molar-refractivity contribution in [3.8, 4) is 0 Å². The number of nitrogens with one attached hydrogen (secondary N) is 7. The van der Waals surface area contributed by atoms with Gasteiger partial charge in [-0.3, -0.25) is 48.1 Å². The van der Waals surface area contributed by atoms with E-state index in [0.717, 1.165) is 10.9 Å². The molecule has 0 spiro atoms. The zero-order valence-electron chi connectivity index (χ0n) is 49.5. The summed E-state index contributed by atoms with van der Waals surface area (Å²) >= 11 is 1.56. The first-order valence-corrected chi connectivity index (χ1v) is 31.1. The Morgan fingerprint density at radius 3 is 1.93 bits per heavy atom. The molecule has 6 rings (SSSR count). The van der Waals surface area contributed by atoms with Gasteiger partial charge in [-0.25, -0.2) is 0 Å². The Morgan fingerprint density at radius 1 is 0.698 bits per heavy atom. The van der Waals surface area contributed by atoms with E-state index in [9.17, 15) is 33.6 Å². The predicted molar refractivity (Wildman–Crippen MR) is 331 cm³/mol. The third kappa shape index (κ3) is 19.5. The maximum Gasteiger partial charge on any atom is 0.245 e. The topological polar surface area (TPSA) is 391 Å². The fourth-order valence-electron chi connectivity index (χ4n) is 11.0. The lowest BCUT2D eigenvalue weighted by Crippen LogP contribution is -2.61. The van der Waals surface area contributed by atoms with E-state index in [1.165, 1.54) is 9.80 Å². The summed E-state index contributed by atoms with van der Waals surface area (Å²) in [6, 6.07) is 6.25. The quantitative estimate of drug-likeness (QED) is 0.0171. The monoisotopic (exact) mass is 1210 g/mol. The molecule has 10 atom stereocenters. The second-order valence-corrected chi connectivity index (χ2v) is 23.5. The van der Waals surface area contributed by atoms with Gasteiger partial charge < -0.3 is 75.4 Å². The summed E-state index contributed by atoms with van der Waals surface area (Å²) in [5.41, 5.74) is 34.2. The van der Waals surface area contributed by atoms with E-state index in [0.29, 0.717) is 74.9 Å². The number of H-pyrrole nitrogens is 1. The van der Waals surface area contributed by atoms with Crippen LogP contribution in [0.15, 0.2) is 95.8 Å². The van der Waals surface area contributed by atoms with E-state index >= 15 is 9.59 Å². The number of nitrogens with two attached hydrogens (primary N) is 5. The predicted octanol–water partition coefficient (Wildman–Crippen LogP) is 0.536. The average Bonchev–Trinajstić information content (AvgIpc) is 3.17. The zero-order valence-corrected chi connectivity index (χ0v) is 50.3. The summed E-state index contributed by atoms with van der Waals surface area (Å²) in [6.07, 6.45) is 13.9. The second kappa shape index (κ2) is 33.6. The molecule has 0 saturated carbocycles. The normalized spacial score (nSPS) is 18.7. The number of carbonyl (C=O) groups excluding carboxylic acids is 9. The Labute approximate surface area is 506 Å². The van der Waals surface area contributed by atoms with E-state index in [-0.39, 0.29) is 69.4 Å². The van der Waals surface area contributed by atoms with Crippen LogP contribution in [0.25, 0.3) is 10.9 Å². The van der Waals surface area contributed by atoms with Gasteiger partial charge in [-0.2, -0.15) is 11.8 Å². The van der Waals surface area contributed by atoms with Gasteiger partial charge in [-0.05, 0) is 124 Å². The summed E-state index contributed by atoms with van der Waals surface area (Å²) in [5, 5.41) is 17.9. The number of benzene rings is 2. The molecule has 86 heavy (non-hydrogen) atoms. The Morgan fingerprint density at radius 2 is 1.29 bits per heavy atom. The minimum atomic E-state index is -1.40. The molecule has 3 heterocycles. The minimum absolute atomic E-state index is 0.000421. The lowest BCUT2D eigenvalue weighted by Gasteiger charge is -2.31. The van der Waals surface area contributed by atoms with Crippen LogP contribution in [0.3, 0.4) is 0 Å². The highest BCUT2D eigenvalue weighted by molar-refractivity contribution is 7.98. The number of unbranched alkanes of at least 4 members (excludes halogenated alkanes) is 1. The number of amides is 9. The first kappa shape index (κ1) is 67.1. The maximum atomic E-state index is 15.2.